The summed E-state index contributed by atoms with van der Waals surface area (Å²) >= 11 is 6.20. The van der Waals surface area contributed by atoms with Gasteiger partial charge in [-0.2, -0.15) is 0 Å². The average molecular weight is 205 g/mol. The first-order valence-corrected chi connectivity index (χ1v) is 5.55. The van der Waals surface area contributed by atoms with Crippen molar-refractivity contribution in [3.8, 4) is 0 Å². The first-order valence-electron chi connectivity index (χ1n) is 5.11. The quantitative estimate of drug-likeness (QED) is 0.625. The Morgan fingerprint density at radius 2 is 2.00 bits per heavy atom. The standard InChI is InChI=1S/C11H21ClO/c1-6-11(5)8(12)7-9(11)13-10(2,3)4/h8-9H,6-7H2,1-5H3. The number of hydrogen-bond acceptors (Lipinski definition) is 1. The van der Waals surface area contributed by atoms with E-state index in [0.29, 0.717) is 11.5 Å². The predicted octanol–water partition coefficient (Wildman–Crippen LogP) is 3.60. The van der Waals surface area contributed by atoms with Crippen molar-refractivity contribution in [1.29, 1.82) is 0 Å². The van der Waals surface area contributed by atoms with Crippen molar-refractivity contribution in [2.24, 2.45) is 5.41 Å². The van der Waals surface area contributed by atoms with E-state index in [1.54, 1.807) is 0 Å². The molecule has 3 atom stereocenters. The highest BCUT2D eigenvalue weighted by Crippen LogP contribution is 2.50. The Morgan fingerprint density at radius 1 is 1.46 bits per heavy atom. The average Bonchev–Trinajstić information content (AvgIpc) is 2.00. The molecular formula is C11H21ClO. The smallest absolute Gasteiger partial charge is 0.0664 e. The number of alkyl halides is 1. The minimum atomic E-state index is -0.0435. The molecule has 0 aromatic carbocycles. The normalized spacial score (nSPS) is 40.2. The molecule has 0 heterocycles. The fraction of sp³-hybridized carbons (Fsp3) is 1.00. The molecule has 2 heteroatoms. The van der Waals surface area contributed by atoms with Gasteiger partial charge in [0.1, 0.15) is 0 Å². The van der Waals surface area contributed by atoms with Gasteiger partial charge in [0.25, 0.3) is 0 Å². The molecule has 0 spiro atoms. The van der Waals surface area contributed by atoms with Gasteiger partial charge in [0.15, 0.2) is 0 Å². The number of rotatable bonds is 2. The Balaban J connectivity index is 2.55. The maximum atomic E-state index is 6.20. The van der Waals surface area contributed by atoms with Gasteiger partial charge in [-0.3, -0.25) is 0 Å². The van der Waals surface area contributed by atoms with Crippen LogP contribution in [0.3, 0.4) is 0 Å². The molecule has 0 aliphatic heterocycles. The Morgan fingerprint density at radius 3 is 2.31 bits per heavy atom. The number of hydrogen-bond donors (Lipinski definition) is 0. The van der Waals surface area contributed by atoms with Gasteiger partial charge in [-0.15, -0.1) is 11.6 Å². The SMILES string of the molecule is CCC1(C)C(Cl)CC1OC(C)(C)C. The summed E-state index contributed by atoms with van der Waals surface area (Å²) in [7, 11) is 0. The van der Waals surface area contributed by atoms with Crippen molar-refractivity contribution in [3.05, 3.63) is 0 Å². The molecule has 1 fully saturated rings. The van der Waals surface area contributed by atoms with E-state index in [9.17, 15) is 0 Å². The van der Waals surface area contributed by atoms with Crippen LogP contribution in [0.2, 0.25) is 0 Å². The maximum Gasteiger partial charge on any atom is 0.0664 e. The summed E-state index contributed by atoms with van der Waals surface area (Å²) in [5.41, 5.74) is 0.146. The van der Waals surface area contributed by atoms with Crippen molar-refractivity contribution >= 4 is 11.6 Å². The van der Waals surface area contributed by atoms with Gasteiger partial charge in [0, 0.05) is 10.8 Å². The molecule has 13 heavy (non-hydrogen) atoms. The van der Waals surface area contributed by atoms with Gasteiger partial charge in [-0.1, -0.05) is 13.8 Å². The number of ether oxygens (including phenoxy) is 1. The Labute approximate surface area is 86.8 Å². The van der Waals surface area contributed by atoms with Crippen molar-refractivity contribution in [1.82, 2.24) is 0 Å². The first kappa shape index (κ1) is 11.3. The van der Waals surface area contributed by atoms with Crippen molar-refractivity contribution in [2.75, 3.05) is 0 Å². The van der Waals surface area contributed by atoms with E-state index < -0.39 is 0 Å². The number of halogens is 1. The molecule has 0 aromatic heterocycles. The predicted molar refractivity (Wildman–Crippen MR) is 57.3 cm³/mol. The second-order valence-corrected chi connectivity index (χ2v) is 5.81. The van der Waals surface area contributed by atoms with Crippen LogP contribution in [0.5, 0.6) is 0 Å². The molecule has 1 aliphatic rings. The second-order valence-electron chi connectivity index (χ2n) is 5.28. The van der Waals surface area contributed by atoms with E-state index in [-0.39, 0.29) is 11.0 Å². The molecule has 1 aliphatic carbocycles. The van der Waals surface area contributed by atoms with E-state index in [4.69, 9.17) is 16.3 Å². The van der Waals surface area contributed by atoms with Crippen LogP contribution in [0.4, 0.5) is 0 Å². The largest absolute Gasteiger partial charge is 0.372 e. The monoisotopic (exact) mass is 204 g/mol. The van der Waals surface area contributed by atoms with E-state index in [2.05, 4.69) is 34.6 Å². The van der Waals surface area contributed by atoms with Crippen LogP contribution in [0.1, 0.15) is 47.5 Å². The summed E-state index contributed by atoms with van der Waals surface area (Å²) in [6, 6.07) is 0. The van der Waals surface area contributed by atoms with Crippen LogP contribution < -0.4 is 0 Å². The Kier molecular flexibility index (Phi) is 2.99. The third-order valence-electron chi connectivity index (χ3n) is 3.13. The fourth-order valence-electron chi connectivity index (χ4n) is 1.83. The van der Waals surface area contributed by atoms with Crippen LogP contribution in [-0.4, -0.2) is 17.1 Å². The molecule has 0 saturated heterocycles. The topological polar surface area (TPSA) is 9.23 Å². The Hall–Kier alpha value is 0.250. The molecule has 0 N–H and O–H groups in total. The van der Waals surface area contributed by atoms with Crippen LogP contribution in [0.15, 0.2) is 0 Å². The summed E-state index contributed by atoms with van der Waals surface area (Å²) in [5, 5.41) is 0.296. The molecule has 0 radical (unpaired) electrons. The zero-order valence-electron chi connectivity index (χ0n) is 9.36. The zero-order valence-corrected chi connectivity index (χ0v) is 10.1. The summed E-state index contributed by atoms with van der Waals surface area (Å²) in [4.78, 5) is 0. The lowest BCUT2D eigenvalue weighted by molar-refractivity contribution is -0.161. The van der Waals surface area contributed by atoms with Crippen molar-refractivity contribution in [2.45, 2.75) is 64.5 Å². The van der Waals surface area contributed by atoms with Crippen molar-refractivity contribution in [3.63, 3.8) is 0 Å². The molecule has 1 rings (SSSR count). The van der Waals surface area contributed by atoms with E-state index in [1.165, 1.54) is 0 Å². The first-order chi connectivity index (χ1) is 5.79. The van der Waals surface area contributed by atoms with E-state index >= 15 is 0 Å². The van der Waals surface area contributed by atoms with Gasteiger partial charge >= 0.3 is 0 Å². The summed E-state index contributed by atoms with van der Waals surface area (Å²) in [6.07, 6.45) is 2.45. The lowest BCUT2D eigenvalue weighted by Gasteiger charge is -2.52. The third-order valence-corrected chi connectivity index (χ3v) is 3.81. The van der Waals surface area contributed by atoms with Gasteiger partial charge in [-0.25, -0.2) is 0 Å². The molecule has 78 valence electrons. The highest BCUT2D eigenvalue weighted by Gasteiger charge is 2.51. The minimum Gasteiger partial charge on any atom is -0.372 e. The molecule has 1 nitrogen and oxygen atoms in total. The Bertz CT molecular complexity index is 185. The lowest BCUT2D eigenvalue weighted by Crippen LogP contribution is -2.55. The van der Waals surface area contributed by atoms with E-state index in [0.717, 1.165) is 12.8 Å². The van der Waals surface area contributed by atoms with Crippen LogP contribution in [-0.2, 0) is 4.74 Å². The van der Waals surface area contributed by atoms with Crippen LogP contribution in [0, 0.1) is 5.41 Å². The van der Waals surface area contributed by atoms with Crippen LogP contribution >= 0.6 is 11.6 Å². The minimum absolute atomic E-state index is 0.0435. The third kappa shape index (κ3) is 2.19. The molecule has 3 unspecified atom stereocenters. The fourth-order valence-corrected chi connectivity index (χ4v) is 2.28. The van der Waals surface area contributed by atoms with Gasteiger partial charge in [-0.05, 0) is 33.6 Å². The molecular weight excluding hydrogens is 184 g/mol. The highest BCUT2D eigenvalue weighted by atomic mass is 35.5. The molecule has 0 aromatic rings. The summed E-state index contributed by atoms with van der Waals surface area (Å²) < 4.78 is 5.97. The molecule has 0 amide bonds. The molecule has 1 saturated carbocycles. The zero-order chi connectivity index (χ0) is 10.3. The second kappa shape index (κ2) is 3.43. The highest BCUT2D eigenvalue weighted by molar-refractivity contribution is 6.21. The lowest BCUT2D eigenvalue weighted by atomic mass is 9.65. The van der Waals surface area contributed by atoms with E-state index in [1.807, 2.05) is 0 Å². The summed E-state index contributed by atoms with van der Waals surface area (Å²) in [6.45, 7) is 10.7. The maximum absolute atomic E-state index is 6.20. The molecule has 0 bridgehead atoms. The summed E-state index contributed by atoms with van der Waals surface area (Å²) in [5.74, 6) is 0. The van der Waals surface area contributed by atoms with Gasteiger partial charge < -0.3 is 4.74 Å². The van der Waals surface area contributed by atoms with Crippen molar-refractivity contribution < 1.29 is 4.74 Å². The van der Waals surface area contributed by atoms with Gasteiger partial charge in [0.2, 0.25) is 0 Å². The van der Waals surface area contributed by atoms with Gasteiger partial charge in [0.05, 0.1) is 11.7 Å². The van der Waals surface area contributed by atoms with Crippen LogP contribution in [0.25, 0.3) is 0 Å².